The van der Waals surface area contributed by atoms with Crippen molar-refractivity contribution >= 4 is 11.8 Å². The number of methoxy groups -OCH3 is 1. The van der Waals surface area contributed by atoms with Crippen LogP contribution in [0.25, 0.3) is 0 Å². The van der Waals surface area contributed by atoms with Gasteiger partial charge in [0, 0.05) is 18.5 Å². The van der Waals surface area contributed by atoms with Crippen LogP contribution in [0.3, 0.4) is 0 Å². The number of likely N-dealkylation sites (tertiary alicyclic amines) is 1. The first kappa shape index (κ1) is 14.7. The van der Waals surface area contributed by atoms with Crippen LogP contribution in [0.15, 0.2) is 24.3 Å². The van der Waals surface area contributed by atoms with Crippen molar-refractivity contribution in [2.45, 2.75) is 32.2 Å². The molecule has 4 nitrogen and oxygen atoms in total. The molecule has 1 aliphatic heterocycles. The summed E-state index contributed by atoms with van der Waals surface area (Å²) in [6.07, 6.45) is 2.25. The monoisotopic (exact) mass is 275 g/mol. The van der Waals surface area contributed by atoms with Gasteiger partial charge in [-0.15, -0.1) is 0 Å². The van der Waals surface area contributed by atoms with E-state index < -0.39 is 0 Å². The van der Waals surface area contributed by atoms with E-state index in [1.165, 1.54) is 7.11 Å². The zero-order valence-electron chi connectivity index (χ0n) is 12.1. The molecule has 1 aliphatic rings. The first-order chi connectivity index (χ1) is 9.61. The fraction of sp³-hybridized carbons (Fsp3) is 0.500. The molecule has 4 heteroatoms. The molecule has 0 N–H and O–H groups in total. The Bertz CT molecular complexity index is 481. The normalized spacial score (nSPS) is 19.0. The fourth-order valence-corrected chi connectivity index (χ4v) is 2.63. The largest absolute Gasteiger partial charge is 0.468 e. The molecule has 2 rings (SSSR count). The quantitative estimate of drug-likeness (QED) is 0.610. The number of carbonyl (C=O) groups is 2. The second kappa shape index (κ2) is 6.66. The van der Waals surface area contributed by atoms with Crippen LogP contribution < -0.4 is 0 Å². The third-order valence-electron chi connectivity index (χ3n) is 3.84. The van der Waals surface area contributed by atoms with Crippen LogP contribution in [-0.4, -0.2) is 42.9 Å². The molecule has 1 fully saturated rings. The molecule has 1 heterocycles. The first-order valence-corrected chi connectivity index (χ1v) is 7.03. The molecule has 0 bridgehead atoms. The van der Waals surface area contributed by atoms with Gasteiger partial charge in [-0.2, -0.15) is 0 Å². The first-order valence-electron chi connectivity index (χ1n) is 7.03. The molecule has 0 radical (unpaired) electrons. The summed E-state index contributed by atoms with van der Waals surface area (Å²) >= 11 is 0. The number of ether oxygens (including phenoxy) is 1. The van der Waals surface area contributed by atoms with Crippen molar-refractivity contribution in [1.29, 1.82) is 0 Å². The van der Waals surface area contributed by atoms with E-state index in [1.807, 2.05) is 31.2 Å². The van der Waals surface area contributed by atoms with Crippen molar-refractivity contribution in [3.63, 3.8) is 0 Å². The lowest BCUT2D eigenvalue weighted by atomic mass is 10.1. The van der Waals surface area contributed by atoms with Crippen molar-refractivity contribution in [2.24, 2.45) is 0 Å². The average Bonchev–Trinajstić information content (AvgIpc) is 2.93. The summed E-state index contributed by atoms with van der Waals surface area (Å²) in [7, 11) is 1.41. The van der Waals surface area contributed by atoms with Crippen LogP contribution in [0.4, 0.5) is 0 Å². The van der Waals surface area contributed by atoms with Gasteiger partial charge in [0.05, 0.1) is 7.11 Å². The molecule has 1 atom stereocenters. The Balaban J connectivity index is 1.89. The van der Waals surface area contributed by atoms with E-state index in [9.17, 15) is 9.59 Å². The lowest BCUT2D eigenvalue weighted by molar-refractivity contribution is -0.145. The molecule has 1 aromatic rings. The van der Waals surface area contributed by atoms with Crippen LogP contribution >= 0.6 is 0 Å². The Morgan fingerprint density at radius 3 is 2.65 bits per heavy atom. The number of esters is 1. The molecular formula is C16H21NO3. The lowest BCUT2D eigenvalue weighted by Gasteiger charge is -2.21. The summed E-state index contributed by atoms with van der Waals surface area (Å²) in [4.78, 5) is 25.8. The highest BCUT2D eigenvalue weighted by atomic mass is 16.5. The van der Waals surface area contributed by atoms with Gasteiger partial charge in [-0.1, -0.05) is 29.8 Å². The Morgan fingerprint density at radius 1 is 1.30 bits per heavy atom. The van der Waals surface area contributed by atoms with Crippen LogP contribution in [0.2, 0.25) is 0 Å². The second-order valence-corrected chi connectivity index (χ2v) is 5.26. The predicted molar refractivity (Wildman–Crippen MR) is 76.7 cm³/mol. The van der Waals surface area contributed by atoms with E-state index in [-0.39, 0.29) is 17.8 Å². The minimum atomic E-state index is -0.190. The summed E-state index contributed by atoms with van der Waals surface area (Å²) in [6, 6.07) is 7.44. The Morgan fingerprint density at radius 2 is 2.00 bits per heavy atom. The Labute approximate surface area is 119 Å². The van der Waals surface area contributed by atoms with Crippen LogP contribution in [-0.2, 0) is 9.53 Å². The van der Waals surface area contributed by atoms with E-state index in [0.29, 0.717) is 13.0 Å². The topological polar surface area (TPSA) is 46.6 Å². The highest BCUT2D eigenvalue weighted by Crippen LogP contribution is 2.19. The number of ketones is 1. The Hall–Kier alpha value is -1.68. The van der Waals surface area contributed by atoms with Crippen LogP contribution in [0.1, 0.15) is 35.2 Å². The van der Waals surface area contributed by atoms with Gasteiger partial charge in [0.2, 0.25) is 0 Å². The van der Waals surface area contributed by atoms with Gasteiger partial charge >= 0.3 is 5.97 Å². The van der Waals surface area contributed by atoms with Crippen LogP contribution in [0.5, 0.6) is 0 Å². The minimum Gasteiger partial charge on any atom is -0.468 e. The van der Waals surface area contributed by atoms with Gasteiger partial charge in [0.15, 0.2) is 5.78 Å². The minimum absolute atomic E-state index is 0.125. The third-order valence-corrected chi connectivity index (χ3v) is 3.84. The number of benzene rings is 1. The maximum atomic E-state index is 12.1. The molecule has 20 heavy (non-hydrogen) atoms. The van der Waals surface area contributed by atoms with Gasteiger partial charge in [0.25, 0.3) is 0 Å². The van der Waals surface area contributed by atoms with Crippen molar-refractivity contribution in [1.82, 2.24) is 4.90 Å². The van der Waals surface area contributed by atoms with Gasteiger partial charge < -0.3 is 4.74 Å². The Kier molecular flexibility index (Phi) is 4.90. The molecule has 0 spiro atoms. The molecule has 0 unspecified atom stereocenters. The number of nitrogens with zero attached hydrogens (tertiary/aromatic N) is 1. The highest BCUT2D eigenvalue weighted by Gasteiger charge is 2.31. The zero-order valence-corrected chi connectivity index (χ0v) is 12.1. The molecule has 0 saturated carbocycles. The lowest BCUT2D eigenvalue weighted by Crippen LogP contribution is -2.38. The number of Topliss-reactive ketones (excluding diaryl/α,β-unsaturated/α-hetero) is 1. The fourth-order valence-electron chi connectivity index (χ4n) is 2.63. The third kappa shape index (κ3) is 3.45. The van der Waals surface area contributed by atoms with Gasteiger partial charge in [-0.25, -0.2) is 0 Å². The summed E-state index contributed by atoms with van der Waals surface area (Å²) < 4.78 is 4.80. The predicted octanol–water partition coefficient (Wildman–Crippen LogP) is 2.21. The number of hydrogen-bond acceptors (Lipinski definition) is 4. The van der Waals surface area contributed by atoms with Gasteiger partial charge in [-0.3, -0.25) is 14.5 Å². The van der Waals surface area contributed by atoms with Crippen molar-refractivity contribution < 1.29 is 14.3 Å². The number of hydrogen-bond donors (Lipinski definition) is 0. The molecule has 1 saturated heterocycles. The van der Waals surface area contributed by atoms with E-state index in [2.05, 4.69) is 4.90 Å². The number of rotatable bonds is 5. The number of carbonyl (C=O) groups excluding carboxylic acids is 2. The van der Waals surface area contributed by atoms with Crippen molar-refractivity contribution in [2.75, 3.05) is 20.2 Å². The SMILES string of the molecule is COC(=O)[C@H]1CCCN1CCC(=O)c1ccc(C)cc1. The molecule has 0 aromatic heterocycles. The second-order valence-electron chi connectivity index (χ2n) is 5.26. The van der Waals surface area contributed by atoms with E-state index in [4.69, 9.17) is 4.74 Å². The number of aryl methyl sites for hydroxylation is 1. The molecule has 0 amide bonds. The van der Waals surface area contributed by atoms with E-state index in [0.717, 1.165) is 30.5 Å². The highest BCUT2D eigenvalue weighted by molar-refractivity contribution is 5.96. The standard InChI is InChI=1S/C16H21NO3/c1-12-5-7-13(8-6-12)15(18)9-11-17-10-3-4-14(17)16(19)20-2/h5-8,14H,3-4,9-11H2,1-2H3/t14-/m1/s1. The summed E-state index contributed by atoms with van der Waals surface area (Å²) in [6.45, 7) is 3.48. The molecule has 1 aromatic carbocycles. The van der Waals surface area contributed by atoms with Crippen molar-refractivity contribution in [3.05, 3.63) is 35.4 Å². The maximum absolute atomic E-state index is 12.1. The summed E-state index contributed by atoms with van der Waals surface area (Å²) in [5.41, 5.74) is 1.89. The maximum Gasteiger partial charge on any atom is 0.323 e. The van der Waals surface area contributed by atoms with Crippen LogP contribution in [0, 0.1) is 6.92 Å². The van der Waals surface area contributed by atoms with Crippen molar-refractivity contribution in [3.8, 4) is 0 Å². The van der Waals surface area contributed by atoms with E-state index >= 15 is 0 Å². The smallest absolute Gasteiger partial charge is 0.323 e. The van der Waals surface area contributed by atoms with Gasteiger partial charge in [0.1, 0.15) is 6.04 Å². The van der Waals surface area contributed by atoms with E-state index in [1.54, 1.807) is 0 Å². The summed E-state index contributed by atoms with van der Waals surface area (Å²) in [5.74, 6) is -0.0641. The molecular weight excluding hydrogens is 254 g/mol. The molecule has 0 aliphatic carbocycles. The summed E-state index contributed by atoms with van der Waals surface area (Å²) in [5, 5.41) is 0. The zero-order chi connectivity index (χ0) is 14.5. The average molecular weight is 275 g/mol. The van der Waals surface area contributed by atoms with Gasteiger partial charge in [-0.05, 0) is 26.3 Å². The molecule has 108 valence electrons.